The van der Waals surface area contributed by atoms with Crippen molar-refractivity contribution in [3.8, 4) is 0 Å². The summed E-state index contributed by atoms with van der Waals surface area (Å²) in [7, 11) is 0. The molecule has 1 aliphatic rings. The van der Waals surface area contributed by atoms with Gasteiger partial charge in [0.05, 0.1) is 11.4 Å². The third-order valence-electron chi connectivity index (χ3n) is 3.42. The molecule has 0 unspecified atom stereocenters. The number of fused-ring (bicyclic) bond motifs is 1. The van der Waals surface area contributed by atoms with Gasteiger partial charge in [-0.3, -0.25) is 4.79 Å². The summed E-state index contributed by atoms with van der Waals surface area (Å²) in [6.45, 7) is 4.00. The smallest absolute Gasteiger partial charge is 0.277 e. The average Bonchev–Trinajstić information content (AvgIpc) is 2.74. The molecule has 0 spiro atoms. The van der Waals surface area contributed by atoms with Crippen LogP contribution in [0.3, 0.4) is 0 Å². The molecule has 0 saturated carbocycles. The Balaban J connectivity index is 2.11. The number of anilines is 1. The van der Waals surface area contributed by atoms with E-state index in [-0.39, 0.29) is 11.9 Å². The second kappa shape index (κ2) is 5.34. The Hall–Kier alpha value is -2.13. The fourth-order valence-electron chi connectivity index (χ4n) is 2.49. The van der Waals surface area contributed by atoms with Crippen molar-refractivity contribution in [2.24, 2.45) is 4.99 Å². The van der Waals surface area contributed by atoms with E-state index in [1.54, 1.807) is 17.0 Å². The van der Waals surface area contributed by atoms with Crippen LogP contribution in [0.25, 0.3) is 0 Å². The number of hydrogen-bond acceptors (Lipinski definition) is 2. The van der Waals surface area contributed by atoms with Crippen LogP contribution in [-0.4, -0.2) is 17.7 Å². The van der Waals surface area contributed by atoms with Crippen LogP contribution in [0.2, 0.25) is 5.02 Å². The lowest BCUT2D eigenvalue weighted by atomic mass is 10.1. The van der Waals surface area contributed by atoms with E-state index in [9.17, 15) is 4.79 Å². The zero-order valence-corrected chi connectivity index (χ0v) is 12.6. The van der Waals surface area contributed by atoms with Crippen molar-refractivity contribution in [1.29, 1.82) is 0 Å². The van der Waals surface area contributed by atoms with Gasteiger partial charge < -0.3 is 4.90 Å². The minimum Gasteiger partial charge on any atom is -0.304 e. The number of aliphatic imine (C=N–C) groups is 1. The fourth-order valence-corrected chi connectivity index (χ4v) is 2.61. The van der Waals surface area contributed by atoms with Crippen molar-refractivity contribution in [2.45, 2.75) is 19.9 Å². The van der Waals surface area contributed by atoms with Gasteiger partial charge in [0.1, 0.15) is 5.71 Å². The van der Waals surface area contributed by atoms with Crippen LogP contribution in [-0.2, 0) is 4.79 Å². The van der Waals surface area contributed by atoms with Crippen LogP contribution < -0.4 is 4.90 Å². The van der Waals surface area contributed by atoms with Gasteiger partial charge in [-0.15, -0.1) is 0 Å². The van der Waals surface area contributed by atoms with Crippen LogP contribution in [0.15, 0.2) is 53.5 Å². The number of hydrogen-bond donors (Lipinski definition) is 0. The first-order valence-corrected chi connectivity index (χ1v) is 7.23. The first-order chi connectivity index (χ1) is 10.1. The van der Waals surface area contributed by atoms with E-state index in [2.05, 4.69) is 4.99 Å². The second-order valence-corrected chi connectivity index (χ2v) is 5.66. The first kappa shape index (κ1) is 13.8. The highest BCUT2D eigenvalue weighted by molar-refractivity contribution is 6.54. The minimum atomic E-state index is -0.0545. The van der Waals surface area contributed by atoms with Gasteiger partial charge in [-0.1, -0.05) is 29.8 Å². The van der Waals surface area contributed by atoms with Crippen molar-refractivity contribution in [3.63, 3.8) is 0 Å². The lowest BCUT2D eigenvalue weighted by Gasteiger charge is -2.20. The fraction of sp³-hybridized carbons (Fsp3) is 0.176. The van der Waals surface area contributed by atoms with E-state index < -0.39 is 0 Å². The summed E-state index contributed by atoms with van der Waals surface area (Å²) < 4.78 is 0. The van der Waals surface area contributed by atoms with Gasteiger partial charge in [-0.25, -0.2) is 4.99 Å². The molecule has 0 bridgehead atoms. The van der Waals surface area contributed by atoms with Gasteiger partial charge in [0, 0.05) is 16.6 Å². The van der Waals surface area contributed by atoms with Crippen molar-refractivity contribution in [2.75, 3.05) is 4.90 Å². The Morgan fingerprint density at radius 2 is 1.71 bits per heavy atom. The number of para-hydroxylation sites is 1. The number of halogens is 1. The number of nitrogens with zero attached hydrogens (tertiary/aromatic N) is 2. The Kier molecular flexibility index (Phi) is 3.52. The highest BCUT2D eigenvalue weighted by Gasteiger charge is 2.35. The third kappa shape index (κ3) is 2.45. The highest BCUT2D eigenvalue weighted by atomic mass is 35.5. The molecule has 1 aliphatic heterocycles. The number of carbonyl (C=O) groups excluding carboxylic acids is 1. The highest BCUT2D eigenvalue weighted by Crippen LogP contribution is 2.32. The Morgan fingerprint density at radius 1 is 1.05 bits per heavy atom. The summed E-state index contributed by atoms with van der Waals surface area (Å²) in [6.07, 6.45) is 0. The monoisotopic (exact) mass is 298 g/mol. The molecule has 0 atom stereocenters. The van der Waals surface area contributed by atoms with E-state index >= 15 is 0 Å². The Bertz CT molecular complexity index is 720. The minimum absolute atomic E-state index is 0.0545. The molecule has 0 N–H and O–H groups in total. The van der Waals surface area contributed by atoms with Crippen molar-refractivity contribution < 1.29 is 4.79 Å². The standard InChI is InChI=1S/C17H15ClN2O/c1-11(2)20-15-6-4-3-5-14(15)16(17(20)21)19-13-9-7-12(18)8-10-13/h3-11H,1-2H3. The Labute approximate surface area is 128 Å². The average molecular weight is 299 g/mol. The molecule has 3 rings (SSSR count). The number of carbonyl (C=O) groups is 1. The number of benzene rings is 2. The zero-order chi connectivity index (χ0) is 15.0. The van der Waals surface area contributed by atoms with Crippen LogP contribution in [0.5, 0.6) is 0 Å². The number of amides is 1. The molecule has 21 heavy (non-hydrogen) atoms. The zero-order valence-electron chi connectivity index (χ0n) is 11.9. The van der Waals surface area contributed by atoms with Gasteiger partial charge in [-0.05, 0) is 44.2 Å². The molecule has 2 aromatic rings. The lowest BCUT2D eigenvalue weighted by molar-refractivity contribution is -0.112. The van der Waals surface area contributed by atoms with Crippen LogP contribution in [0.4, 0.5) is 11.4 Å². The van der Waals surface area contributed by atoms with Gasteiger partial charge in [0.2, 0.25) is 0 Å². The van der Waals surface area contributed by atoms with Gasteiger partial charge in [0.15, 0.2) is 0 Å². The van der Waals surface area contributed by atoms with E-state index in [4.69, 9.17) is 11.6 Å². The van der Waals surface area contributed by atoms with Crippen LogP contribution in [0, 0.1) is 0 Å². The molecule has 2 aromatic carbocycles. The number of rotatable bonds is 2. The molecule has 0 fully saturated rings. The maximum absolute atomic E-state index is 12.6. The van der Waals surface area contributed by atoms with Gasteiger partial charge in [0.25, 0.3) is 5.91 Å². The molecule has 0 aliphatic carbocycles. The molecule has 3 nitrogen and oxygen atoms in total. The molecule has 4 heteroatoms. The summed E-state index contributed by atoms with van der Waals surface area (Å²) in [5, 5.41) is 0.654. The summed E-state index contributed by atoms with van der Waals surface area (Å²) in [5.74, 6) is -0.0545. The van der Waals surface area contributed by atoms with Crippen LogP contribution >= 0.6 is 11.6 Å². The largest absolute Gasteiger partial charge is 0.304 e. The van der Waals surface area contributed by atoms with Crippen molar-refractivity contribution in [3.05, 3.63) is 59.1 Å². The Morgan fingerprint density at radius 3 is 2.38 bits per heavy atom. The van der Waals surface area contributed by atoms with E-state index in [1.165, 1.54) is 0 Å². The molecule has 106 valence electrons. The maximum Gasteiger partial charge on any atom is 0.277 e. The summed E-state index contributed by atoms with van der Waals surface area (Å²) in [6, 6.07) is 15.0. The van der Waals surface area contributed by atoms with Gasteiger partial charge >= 0.3 is 0 Å². The van der Waals surface area contributed by atoms with Gasteiger partial charge in [-0.2, -0.15) is 0 Å². The molecule has 0 saturated heterocycles. The molecule has 1 amide bonds. The normalized spacial score (nSPS) is 15.9. The quantitative estimate of drug-likeness (QED) is 0.817. The van der Waals surface area contributed by atoms with Crippen LogP contribution in [0.1, 0.15) is 19.4 Å². The lowest BCUT2D eigenvalue weighted by Crippen LogP contribution is -2.35. The first-order valence-electron chi connectivity index (χ1n) is 6.85. The van der Waals surface area contributed by atoms with E-state index in [1.807, 2.05) is 50.2 Å². The predicted octanol–water partition coefficient (Wildman–Crippen LogP) is 4.22. The summed E-state index contributed by atoms with van der Waals surface area (Å²) >= 11 is 5.88. The molecular formula is C17H15ClN2O. The third-order valence-corrected chi connectivity index (χ3v) is 3.68. The predicted molar refractivity (Wildman–Crippen MR) is 86.7 cm³/mol. The van der Waals surface area contributed by atoms with E-state index in [0.717, 1.165) is 16.9 Å². The van der Waals surface area contributed by atoms with Crippen molar-refractivity contribution in [1.82, 2.24) is 0 Å². The van der Waals surface area contributed by atoms with E-state index in [0.29, 0.717) is 10.7 Å². The summed E-state index contributed by atoms with van der Waals surface area (Å²) in [4.78, 5) is 18.9. The topological polar surface area (TPSA) is 32.7 Å². The molecule has 0 radical (unpaired) electrons. The SMILES string of the molecule is CC(C)N1C(=O)C(=Nc2ccc(Cl)cc2)c2ccccc21. The maximum atomic E-state index is 12.6. The molecule has 0 aromatic heterocycles. The van der Waals surface area contributed by atoms with Crippen molar-refractivity contribution >= 4 is 34.6 Å². The molecule has 1 heterocycles. The second-order valence-electron chi connectivity index (χ2n) is 5.22. The molecular weight excluding hydrogens is 284 g/mol. The summed E-state index contributed by atoms with van der Waals surface area (Å²) in [5.41, 5.74) is 3.01.